The average Bonchev–Trinajstić information content (AvgIpc) is 2.10. The number of hydrogen-bond donors (Lipinski definition) is 0. The molecule has 0 spiro atoms. The molecule has 0 heterocycles. The lowest BCUT2D eigenvalue weighted by atomic mass is 10.1. The van der Waals surface area contributed by atoms with Crippen LogP contribution in [0.5, 0.6) is 0 Å². The summed E-state index contributed by atoms with van der Waals surface area (Å²) < 4.78 is 109. The minimum atomic E-state index is -5.75. The van der Waals surface area contributed by atoms with Gasteiger partial charge in [-0.3, -0.25) is 0 Å². The zero-order valence-corrected chi connectivity index (χ0v) is 9.32. The molecule has 0 atom stereocenters. The third kappa shape index (κ3) is 2.39. The fraction of sp³-hybridized carbons (Fsp3) is 0.143. The van der Waals surface area contributed by atoms with E-state index in [0.29, 0.717) is 0 Å². The lowest BCUT2D eigenvalue weighted by molar-refractivity contribution is -0.143. The number of halogens is 8. The summed E-state index contributed by atoms with van der Waals surface area (Å²) in [7, 11) is -0.839. The lowest BCUT2D eigenvalue weighted by Gasteiger charge is -2.12. The van der Waals surface area contributed by atoms with Gasteiger partial charge in [-0.25, -0.2) is 26.0 Å². The summed E-state index contributed by atoms with van der Waals surface area (Å²) in [6, 6.07) is 0. The van der Waals surface area contributed by atoms with E-state index in [9.17, 15) is 39.2 Å². The Morgan fingerprint density at radius 1 is 0.833 bits per heavy atom. The van der Waals surface area contributed by atoms with Gasteiger partial charge in [-0.15, -0.1) is 0 Å². The van der Waals surface area contributed by atoms with Gasteiger partial charge in [0.25, 0.3) is 9.05 Å². The predicted octanol–water partition coefficient (Wildman–Crippen LogP) is 3.19. The van der Waals surface area contributed by atoms with Gasteiger partial charge in [0, 0.05) is 10.7 Å². The van der Waals surface area contributed by atoms with Gasteiger partial charge >= 0.3 is 6.18 Å². The Kier molecular flexibility index (Phi) is 3.56. The van der Waals surface area contributed by atoms with E-state index in [1.165, 1.54) is 0 Å². The van der Waals surface area contributed by atoms with E-state index in [1.807, 2.05) is 0 Å². The first-order chi connectivity index (χ1) is 7.89. The highest BCUT2D eigenvalue weighted by molar-refractivity contribution is 8.13. The van der Waals surface area contributed by atoms with Crippen LogP contribution in [0, 0.1) is 23.3 Å². The Bertz CT molecular complexity index is 578. The molecule has 0 amide bonds. The minimum absolute atomic E-state index is 2.31. The van der Waals surface area contributed by atoms with Gasteiger partial charge in [-0.05, 0) is 0 Å². The van der Waals surface area contributed by atoms with Gasteiger partial charge in [0.15, 0.2) is 28.2 Å². The number of benzene rings is 1. The largest absolute Gasteiger partial charge is 0.422 e. The minimum Gasteiger partial charge on any atom is -0.207 e. The Hall–Kier alpha value is -1.03. The summed E-state index contributed by atoms with van der Waals surface area (Å²) in [6.07, 6.45) is -5.75. The highest BCUT2D eigenvalue weighted by atomic mass is 35.7. The highest BCUT2D eigenvalue weighted by Crippen LogP contribution is 2.38. The van der Waals surface area contributed by atoms with Gasteiger partial charge in [0.1, 0.15) is 5.56 Å². The summed E-state index contributed by atoms with van der Waals surface area (Å²) >= 11 is 0. The number of hydrogen-bond acceptors (Lipinski definition) is 2. The van der Waals surface area contributed by atoms with Crippen LogP contribution in [-0.4, -0.2) is 8.42 Å². The second-order valence-electron chi connectivity index (χ2n) is 2.90. The fourth-order valence-corrected chi connectivity index (χ4v) is 2.09. The van der Waals surface area contributed by atoms with Crippen LogP contribution in [0.3, 0.4) is 0 Å². The molecular formula is C7ClF7O2S. The third-order valence-corrected chi connectivity index (χ3v) is 3.06. The van der Waals surface area contributed by atoms with Crippen LogP contribution >= 0.6 is 10.7 Å². The summed E-state index contributed by atoms with van der Waals surface area (Å²) in [6.45, 7) is 0. The van der Waals surface area contributed by atoms with E-state index in [2.05, 4.69) is 10.7 Å². The predicted molar refractivity (Wildman–Crippen MR) is 44.3 cm³/mol. The van der Waals surface area contributed by atoms with Crippen molar-refractivity contribution in [3.05, 3.63) is 28.8 Å². The number of alkyl halides is 3. The van der Waals surface area contributed by atoms with Crippen LogP contribution < -0.4 is 0 Å². The van der Waals surface area contributed by atoms with Crippen LogP contribution in [-0.2, 0) is 15.2 Å². The maximum absolute atomic E-state index is 13.0. The molecule has 11 heteroatoms. The molecular weight excluding hydrogens is 317 g/mol. The molecule has 0 saturated heterocycles. The third-order valence-electron chi connectivity index (χ3n) is 1.75. The van der Waals surface area contributed by atoms with Gasteiger partial charge < -0.3 is 0 Å². The van der Waals surface area contributed by atoms with Crippen LogP contribution in [0.25, 0.3) is 0 Å². The molecule has 1 rings (SSSR count). The second kappa shape index (κ2) is 4.26. The molecule has 0 radical (unpaired) electrons. The zero-order chi connectivity index (χ0) is 14.5. The molecule has 0 saturated carbocycles. The van der Waals surface area contributed by atoms with Crippen LogP contribution in [0.2, 0.25) is 0 Å². The van der Waals surface area contributed by atoms with E-state index < -0.39 is 49.0 Å². The molecule has 0 unspecified atom stereocenters. The maximum Gasteiger partial charge on any atom is 0.422 e. The Labute approximate surface area is 99.4 Å². The Balaban J connectivity index is 3.90. The van der Waals surface area contributed by atoms with E-state index in [4.69, 9.17) is 0 Å². The van der Waals surface area contributed by atoms with Crippen molar-refractivity contribution in [2.24, 2.45) is 0 Å². The number of rotatable bonds is 1. The maximum atomic E-state index is 13.0. The first-order valence-corrected chi connectivity index (χ1v) is 6.07. The van der Waals surface area contributed by atoms with Crippen molar-refractivity contribution in [2.45, 2.75) is 11.1 Å². The van der Waals surface area contributed by atoms with E-state index in [0.717, 1.165) is 0 Å². The van der Waals surface area contributed by atoms with Crippen LogP contribution in [0.1, 0.15) is 5.56 Å². The first kappa shape index (κ1) is 15.0. The van der Waals surface area contributed by atoms with E-state index in [-0.39, 0.29) is 0 Å². The molecule has 18 heavy (non-hydrogen) atoms. The van der Waals surface area contributed by atoms with Crippen molar-refractivity contribution in [3.8, 4) is 0 Å². The molecule has 0 bridgehead atoms. The normalized spacial score (nSPS) is 12.9. The van der Waals surface area contributed by atoms with Crippen molar-refractivity contribution in [3.63, 3.8) is 0 Å². The molecule has 0 fully saturated rings. The van der Waals surface area contributed by atoms with Crippen molar-refractivity contribution in [1.29, 1.82) is 0 Å². The van der Waals surface area contributed by atoms with Gasteiger partial charge in [0.05, 0.1) is 0 Å². The van der Waals surface area contributed by atoms with E-state index in [1.54, 1.807) is 0 Å². The highest BCUT2D eigenvalue weighted by Gasteiger charge is 2.44. The summed E-state index contributed by atoms with van der Waals surface area (Å²) in [5, 5.41) is 0. The lowest BCUT2D eigenvalue weighted by Crippen LogP contribution is -2.17. The molecule has 1 aromatic carbocycles. The first-order valence-electron chi connectivity index (χ1n) is 3.76. The molecule has 1 aromatic rings. The second-order valence-corrected chi connectivity index (χ2v) is 5.40. The molecule has 102 valence electrons. The van der Waals surface area contributed by atoms with Gasteiger partial charge in [-0.1, -0.05) is 0 Å². The molecule has 0 N–H and O–H groups in total. The SMILES string of the molecule is O=S(=O)(Cl)c1c(F)c(F)c(C(F)(F)F)c(F)c1F. The Morgan fingerprint density at radius 2 is 1.17 bits per heavy atom. The van der Waals surface area contributed by atoms with Crippen LogP contribution in [0.4, 0.5) is 30.7 Å². The molecule has 0 aliphatic carbocycles. The standard InChI is InChI=1S/C7ClF7O2S/c8-18(16,17)6-4(11)2(9)1(7(13,14)15)3(10)5(6)12. The smallest absolute Gasteiger partial charge is 0.207 e. The van der Waals surface area contributed by atoms with Crippen molar-refractivity contribution >= 4 is 19.7 Å². The molecule has 0 aliphatic rings. The van der Waals surface area contributed by atoms with Gasteiger partial charge in [0.2, 0.25) is 0 Å². The zero-order valence-electron chi connectivity index (χ0n) is 7.75. The topological polar surface area (TPSA) is 34.1 Å². The molecule has 0 aromatic heterocycles. The van der Waals surface area contributed by atoms with Gasteiger partial charge in [-0.2, -0.15) is 13.2 Å². The fourth-order valence-electron chi connectivity index (χ4n) is 1.07. The van der Waals surface area contributed by atoms with Crippen molar-refractivity contribution in [2.75, 3.05) is 0 Å². The molecule has 2 nitrogen and oxygen atoms in total. The summed E-state index contributed by atoms with van der Waals surface area (Å²) in [5.41, 5.74) is -2.87. The molecule has 0 aliphatic heterocycles. The summed E-state index contributed by atoms with van der Waals surface area (Å²) in [5.74, 6) is -11.3. The average molecular weight is 317 g/mol. The summed E-state index contributed by atoms with van der Waals surface area (Å²) in [4.78, 5) is -2.31. The van der Waals surface area contributed by atoms with Crippen molar-refractivity contribution < 1.29 is 39.2 Å². The Morgan fingerprint density at radius 3 is 1.39 bits per heavy atom. The quantitative estimate of drug-likeness (QED) is 0.453. The van der Waals surface area contributed by atoms with Crippen LogP contribution in [0.15, 0.2) is 4.90 Å². The monoisotopic (exact) mass is 316 g/mol. The van der Waals surface area contributed by atoms with Crippen molar-refractivity contribution in [1.82, 2.24) is 0 Å². The van der Waals surface area contributed by atoms with E-state index >= 15 is 0 Å².